The number of amides is 2. The Morgan fingerprint density at radius 1 is 0.623 bits per heavy atom. The van der Waals surface area contributed by atoms with Gasteiger partial charge in [0.1, 0.15) is 22.4 Å². The van der Waals surface area contributed by atoms with Gasteiger partial charge in [0.15, 0.2) is 17.5 Å². The topological polar surface area (TPSA) is 309 Å². The number of aliphatic hydroxyl groups is 1. The van der Waals surface area contributed by atoms with Crippen LogP contribution in [0.4, 0.5) is 39.7 Å². The molecule has 20 nitrogen and oxygen atoms in total. The lowest BCUT2D eigenvalue weighted by molar-refractivity contribution is -0.120. The van der Waals surface area contributed by atoms with E-state index in [9.17, 15) is 19.1 Å². The lowest BCUT2D eigenvalue weighted by Gasteiger charge is -2.32. The summed E-state index contributed by atoms with van der Waals surface area (Å²) in [6.07, 6.45) is 14.3. The number of aromatic nitrogens is 9. The van der Waals surface area contributed by atoms with E-state index in [0.29, 0.717) is 68.7 Å². The standard InChI is InChI=1S/C17H26N6O.C16H23ClN6O.C14H20FN5O/c1-4-5-6-9-17(3,11-20-12(2)24)23-15-14-13(8-7-10-19-14)21-16(18)22-15;1-4-5-6-16(3,9-20-10(2)24)23-14-13-12(21-15(18)22-14)7-11(17)8-19-13;1-3-4-5-14(2,8-21)20-12-11-10(18-13(16)19-12)6-9(15)7-17-11/h7-8,10H,4-6,9,11H2,1-3H3,(H,20,24)(H3,18,21,22,23);7-8H,4-6,9H2,1-3H3,(H,20,24)(H3,18,21,22,23);6-7,21H,3-5,8H2,1-2H3,(H3,16,18,19,20)/t17-;16-;14-/m000/s1. The Balaban J connectivity index is 0.000000226. The maximum atomic E-state index is 13.2. The normalized spacial score (nSPS) is 13.7. The molecule has 6 rings (SSSR count). The van der Waals surface area contributed by atoms with Crippen LogP contribution in [0, 0.1) is 5.82 Å². The Kier molecular flexibility index (Phi) is 20.5. The number of nitrogens with two attached hydrogens (primary N) is 3. The van der Waals surface area contributed by atoms with Crippen molar-refractivity contribution < 1.29 is 19.1 Å². The van der Waals surface area contributed by atoms with Crippen LogP contribution >= 0.6 is 11.6 Å². The first-order valence-electron chi connectivity index (χ1n) is 23.2. The highest BCUT2D eigenvalue weighted by molar-refractivity contribution is 6.31. The second-order valence-electron chi connectivity index (χ2n) is 17.9. The summed E-state index contributed by atoms with van der Waals surface area (Å²) in [6, 6.07) is 6.63. The highest BCUT2D eigenvalue weighted by atomic mass is 35.5. The van der Waals surface area contributed by atoms with Crippen LogP contribution < -0.4 is 43.8 Å². The average molecular weight is 975 g/mol. The summed E-state index contributed by atoms with van der Waals surface area (Å²) in [6.45, 7) is 16.3. The number of anilines is 6. The van der Waals surface area contributed by atoms with Gasteiger partial charge >= 0.3 is 0 Å². The molecule has 0 unspecified atom stereocenters. The fourth-order valence-corrected chi connectivity index (χ4v) is 7.39. The molecule has 0 bridgehead atoms. The second-order valence-corrected chi connectivity index (χ2v) is 18.3. The van der Waals surface area contributed by atoms with Crippen molar-refractivity contribution in [2.24, 2.45) is 0 Å². The van der Waals surface area contributed by atoms with Gasteiger partial charge in [0.2, 0.25) is 29.7 Å². The number of nitrogens with one attached hydrogen (secondary N) is 5. The summed E-state index contributed by atoms with van der Waals surface area (Å²) in [7, 11) is 0. The summed E-state index contributed by atoms with van der Waals surface area (Å²) in [5.41, 5.74) is 19.4. The number of nitrogen functional groups attached to an aromatic ring is 3. The van der Waals surface area contributed by atoms with E-state index in [1.165, 1.54) is 19.9 Å². The van der Waals surface area contributed by atoms with Gasteiger partial charge in [-0.2, -0.15) is 15.0 Å². The summed E-state index contributed by atoms with van der Waals surface area (Å²) in [5, 5.41) is 25.9. The van der Waals surface area contributed by atoms with Crippen LogP contribution in [0.2, 0.25) is 5.02 Å². The van der Waals surface area contributed by atoms with Crippen LogP contribution in [-0.2, 0) is 9.59 Å². The van der Waals surface area contributed by atoms with Gasteiger partial charge in [0, 0.05) is 45.4 Å². The number of rotatable bonds is 21. The molecule has 0 saturated carbocycles. The van der Waals surface area contributed by atoms with E-state index in [2.05, 4.69) is 99.1 Å². The largest absolute Gasteiger partial charge is 0.394 e. The molecule has 0 radical (unpaired) electrons. The first kappa shape index (κ1) is 55.0. The third-order valence-electron chi connectivity index (χ3n) is 11.1. The number of fused-ring (bicyclic) bond motifs is 3. The Bertz CT molecular complexity index is 2640. The first-order valence-corrected chi connectivity index (χ1v) is 23.6. The van der Waals surface area contributed by atoms with E-state index in [4.69, 9.17) is 28.8 Å². The molecule has 3 atom stereocenters. The van der Waals surface area contributed by atoms with Gasteiger partial charge in [-0.25, -0.2) is 29.3 Å². The van der Waals surface area contributed by atoms with E-state index in [1.807, 2.05) is 26.0 Å². The van der Waals surface area contributed by atoms with Gasteiger partial charge in [-0.1, -0.05) is 77.3 Å². The van der Waals surface area contributed by atoms with Gasteiger partial charge in [-0.3, -0.25) is 14.6 Å². The molecular formula is C47H69ClFN17O3. The van der Waals surface area contributed by atoms with Crippen LogP contribution in [0.1, 0.15) is 120 Å². The minimum atomic E-state index is -0.542. The highest BCUT2D eigenvalue weighted by Gasteiger charge is 2.28. The van der Waals surface area contributed by atoms with Crippen molar-refractivity contribution in [3.63, 3.8) is 0 Å². The predicted octanol–water partition coefficient (Wildman–Crippen LogP) is 7.35. The highest BCUT2D eigenvalue weighted by Crippen LogP contribution is 2.29. The van der Waals surface area contributed by atoms with E-state index in [-0.39, 0.29) is 47.3 Å². The molecule has 2 amide bonds. The molecule has 69 heavy (non-hydrogen) atoms. The van der Waals surface area contributed by atoms with E-state index in [0.717, 1.165) is 70.4 Å². The molecule has 12 N–H and O–H groups in total. The number of nitrogens with zero attached hydrogens (tertiary/aromatic N) is 9. The van der Waals surface area contributed by atoms with Crippen molar-refractivity contribution in [3.05, 3.63) is 53.7 Å². The molecule has 6 heterocycles. The number of carbonyl (C=O) groups is 2. The fraction of sp³-hybridized carbons (Fsp3) is 0.511. The zero-order valence-corrected chi connectivity index (χ0v) is 41.8. The summed E-state index contributed by atoms with van der Waals surface area (Å²) in [4.78, 5) is 60.5. The molecule has 6 aromatic rings. The summed E-state index contributed by atoms with van der Waals surface area (Å²) < 4.78 is 13.2. The minimum Gasteiger partial charge on any atom is -0.394 e. The third kappa shape index (κ3) is 17.1. The van der Waals surface area contributed by atoms with Crippen molar-refractivity contribution in [2.45, 2.75) is 136 Å². The Labute approximate surface area is 407 Å². The van der Waals surface area contributed by atoms with Crippen LogP contribution in [-0.4, -0.2) is 98.1 Å². The van der Waals surface area contributed by atoms with Crippen molar-refractivity contribution in [1.29, 1.82) is 0 Å². The smallest absolute Gasteiger partial charge is 0.222 e. The molecule has 0 aromatic carbocycles. The van der Waals surface area contributed by atoms with Crippen molar-refractivity contribution in [3.8, 4) is 0 Å². The Morgan fingerprint density at radius 2 is 1.06 bits per heavy atom. The van der Waals surface area contributed by atoms with E-state index >= 15 is 0 Å². The molecule has 0 saturated heterocycles. The van der Waals surface area contributed by atoms with Gasteiger partial charge in [-0.15, -0.1) is 0 Å². The quantitative estimate of drug-likeness (QED) is 0.0318. The van der Waals surface area contributed by atoms with Crippen LogP contribution in [0.5, 0.6) is 0 Å². The maximum Gasteiger partial charge on any atom is 0.222 e. The molecule has 0 aliphatic heterocycles. The predicted molar refractivity (Wildman–Crippen MR) is 274 cm³/mol. The molecule has 22 heteroatoms. The first-order chi connectivity index (χ1) is 32.7. The van der Waals surface area contributed by atoms with Crippen molar-refractivity contribution >= 4 is 91.8 Å². The second kappa shape index (κ2) is 25.7. The molecule has 6 aromatic heterocycles. The third-order valence-corrected chi connectivity index (χ3v) is 11.3. The Morgan fingerprint density at radius 3 is 1.55 bits per heavy atom. The minimum absolute atomic E-state index is 0.0354. The number of hydrogen-bond donors (Lipinski definition) is 9. The number of hydrogen-bond acceptors (Lipinski definition) is 18. The summed E-state index contributed by atoms with van der Waals surface area (Å²) in [5.74, 6) is 1.32. The molecule has 0 fully saturated rings. The van der Waals surface area contributed by atoms with Crippen LogP contribution in [0.25, 0.3) is 33.1 Å². The van der Waals surface area contributed by atoms with Crippen LogP contribution in [0.15, 0.2) is 42.9 Å². The zero-order valence-electron chi connectivity index (χ0n) is 41.0. The zero-order chi connectivity index (χ0) is 50.8. The fourth-order valence-electron chi connectivity index (χ4n) is 7.24. The maximum absolute atomic E-state index is 13.2. The Hall–Kier alpha value is -6.61. The molecule has 0 aliphatic rings. The average Bonchev–Trinajstić information content (AvgIpc) is 3.29. The number of halogens is 2. The monoisotopic (exact) mass is 974 g/mol. The van der Waals surface area contributed by atoms with Crippen LogP contribution in [0.3, 0.4) is 0 Å². The molecule has 374 valence electrons. The van der Waals surface area contributed by atoms with Gasteiger partial charge < -0.3 is 48.9 Å². The summed E-state index contributed by atoms with van der Waals surface area (Å²) >= 11 is 5.98. The number of aliphatic hydroxyl groups excluding tert-OH is 1. The molecule has 0 aliphatic carbocycles. The van der Waals surface area contributed by atoms with Crippen molar-refractivity contribution in [2.75, 3.05) is 52.8 Å². The lowest BCUT2D eigenvalue weighted by atomic mass is 9.94. The van der Waals surface area contributed by atoms with E-state index < -0.39 is 11.4 Å². The molecular weight excluding hydrogens is 905 g/mol. The van der Waals surface area contributed by atoms with E-state index in [1.54, 1.807) is 18.5 Å². The number of unbranched alkanes of at least 4 members (excludes halogenated alkanes) is 4. The lowest BCUT2D eigenvalue weighted by Crippen LogP contribution is -2.46. The number of carbonyl (C=O) groups excluding carboxylic acids is 2. The molecule has 0 spiro atoms. The van der Waals surface area contributed by atoms with Gasteiger partial charge in [0.25, 0.3) is 0 Å². The SMILES string of the molecule is CCCCC[C@@](C)(CNC(C)=O)Nc1nc(N)nc2cccnc12.CCCC[C@@](C)(CNC(C)=O)Nc1nc(N)nc2cc(Cl)cnc12.CCCC[C@@](C)(CO)Nc1nc(N)nc2cc(F)cnc12. The van der Waals surface area contributed by atoms with Gasteiger partial charge in [0.05, 0.1) is 51.0 Å². The number of pyridine rings is 3. The van der Waals surface area contributed by atoms with Crippen molar-refractivity contribution in [1.82, 2.24) is 55.5 Å². The van der Waals surface area contributed by atoms with Gasteiger partial charge in [-0.05, 0) is 58.2 Å².